The van der Waals surface area contributed by atoms with Crippen molar-refractivity contribution in [2.75, 3.05) is 31.5 Å². The van der Waals surface area contributed by atoms with Crippen LogP contribution in [0.2, 0.25) is 0 Å². The largest absolute Gasteiger partial charge is 0.322 e. The number of benzene rings is 1. The van der Waals surface area contributed by atoms with E-state index in [1.807, 2.05) is 42.2 Å². The molecule has 1 aromatic heterocycles. The first kappa shape index (κ1) is 14.5. The molecule has 1 atom stereocenters. The summed E-state index contributed by atoms with van der Waals surface area (Å²) in [5.41, 5.74) is 2.75. The van der Waals surface area contributed by atoms with E-state index in [1.165, 1.54) is 19.4 Å². The maximum absolute atomic E-state index is 12.6. The Hall–Kier alpha value is -2.14. The molecule has 3 heterocycles. The van der Waals surface area contributed by atoms with Crippen LogP contribution in [0.5, 0.6) is 0 Å². The molecule has 5 heteroatoms. The number of amides is 2. The fraction of sp³-hybridized carbons (Fsp3) is 0.444. The Morgan fingerprint density at radius 2 is 2.13 bits per heavy atom. The Morgan fingerprint density at radius 1 is 1.22 bits per heavy atom. The lowest BCUT2D eigenvalue weighted by molar-refractivity contribution is 0.124. The van der Waals surface area contributed by atoms with Gasteiger partial charge in [-0.25, -0.2) is 4.79 Å². The van der Waals surface area contributed by atoms with Crippen LogP contribution in [-0.2, 0) is 0 Å². The van der Waals surface area contributed by atoms with E-state index in [0.717, 1.165) is 41.9 Å². The molecule has 120 valence electrons. The summed E-state index contributed by atoms with van der Waals surface area (Å²) < 4.78 is 0. The van der Waals surface area contributed by atoms with Crippen LogP contribution in [0.3, 0.4) is 0 Å². The highest BCUT2D eigenvalue weighted by Gasteiger charge is 2.32. The molecule has 1 aromatic carbocycles. The predicted molar refractivity (Wildman–Crippen MR) is 91.7 cm³/mol. The van der Waals surface area contributed by atoms with Gasteiger partial charge in [0, 0.05) is 36.8 Å². The Labute approximate surface area is 136 Å². The Morgan fingerprint density at radius 3 is 3.04 bits per heavy atom. The molecule has 2 aliphatic rings. The second-order valence-corrected chi connectivity index (χ2v) is 6.53. The highest BCUT2D eigenvalue weighted by atomic mass is 16.2. The normalized spacial score (nSPS) is 21.4. The first-order chi connectivity index (χ1) is 11.2. The number of fused-ring (bicyclic) bond motifs is 2. The van der Waals surface area contributed by atoms with Gasteiger partial charge in [0.05, 0.1) is 11.2 Å². The van der Waals surface area contributed by atoms with Crippen LogP contribution in [-0.4, -0.2) is 53.0 Å². The summed E-state index contributed by atoms with van der Waals surface area (Å²) in [5, 5.41) is 4.07. The number of carbonyl (C=O) groups excluding carboxylic acids is 1. The zero-order valence-electron chi connectivity index (χ0n) is 13.5. The first-order valence-corrected chi connectivity index (χ1v) is 8.37. The maximum Gasteiger partial charge on any atom is 0.321 e. The second-order valence-electron chi connectivity index (χ2n) is 6.53. The number of anilines is 1. The minimum atomic E-state index is 0.00428. The van der Waals surface area contributed by atoms with Crippen LogP contribution in [0.25, 0.3) is 10.9 Å². The zero-order valence-corrected chi connectivity index (χ0v) is 13.5. The molecule has 2 fully saturated rings. The molecule has 1 N–H and O–H groups in total. The van der Waals surface area contributed by atoms with Crippen molar-refractivity contribution >= 4 is 22.6 Å². The van der Waals surface area contributed by atoms with Crippen molar-refractivity contribution in [2.24, 2.45) is 0 Å². The standard InChI is InChI=1S/C18H22N4O/c1-13-7-8-15-16(19-13)5-2-6-17(15)20-18(23)22-11-10-21-9-3-4-14(21)12-22/h2,5-8,14H,3-4,9-12H2,1H3,(H,20,23). The summed E-state index contributed by atoms with van der Waals surface area (Å²) in [6.45, 7) is 5.81. The number of hydrogen-bond donors (Lipinski definition) is 1. The third-order valence-corrected chi connectivity index (χ3v) is 4.99. The molecule has 2 aliphatic heterocycles. The van der Waals surface area contributed by atoms with E-state index < -0.39 is 0 Å². The van der Waals surface area contributed by atoms with Crippen LogP contribution in [0.4, 0.5) is 10.5 Å². The van der Waals surface area contributed by atoms with Crippen molar-refractivity contribution in [1.29, 1.82) is 0 Å². The monoisotopic (exact) mass is 310 g/mol. The highest BCUT2D eigenvalue weighted by molar-refractivity contribution is 6.00. The average molecular weight is 310 g/mol. The average Bonchev–Trinajstić information content (AvgIpc) is 3.02. The molecule has 1 unspecified atom stereocenters. The molecule has 0 saturated carbocycles. The van der Waals surface area contributed by atoms with Gasteiger partial charge in [-0.2, -0.15) is 0 Å². The van der Waals surface area contributed by atoms with E-state index in [9.17, 15) is 4.79 Å². The third-order valence-electron chi connectivity index (χ3n) is 4.99. The number of hydrogen-bond acceptors (Lipinski definition) is 3. The van der Waals surface area contributed by atoms with Crippen molar-refractivity contribution in [3.05, 3.63) is 36.0 Å². The van der Waals surface area contributed by atoms with E-state index in [1.54, 1.807) is 0 Å². The van der Waals surface area contributed by atoms with Gasteiger partial charge in [0.25, 0.3) is 0 Å². The molecule has 0 aliphatic carbocycles. The van der Waals surface area contributed by atoms with Crippen molar-refractivity contribution in [1.82, 2.24) is 14.8 Å². The number of aryl methyl sites for hydroxylation is 1. The van der Waals surface area contributed by atoms with Gasteiger partial charge in [-0.1, -0.05) is 6.07 Å². The quantitative estimate of drug-likeness (QED) is 0.881. The van der Waals surface area contributed by atoms with Crippen molar-refractivity contribution < 1.29 is 4.79 Å². The summed E-state index contributed by atoms with van der Waals surface area (Å²) in [7, 11) is 0. The van der Waals surface area contributed by atoms with Gasteiger partial charge in [-0.05, 0) is 50.6 Å². The smallest absolute Gasteiger partial charge is 0.321 e. The molecule has 2 saturated heterocycles. The predicted octanol–water partition coefficient (Wildman–Crippen LogP) is 2.86. The Bertz CT molecular complexity index is 745. The summed E-state index contributed by atoms with van der Waals surface area (Å²) >= 11 is 0. The molecule has 2 amide bonds. The molecule has 0 spiro atoms. The fourth-order valence-corrected chi connectivity index (χ4v) is 3.74. The lowest BCUT2D eigenvalue weighted by Gasteiger charge is -2.37. The van der Waals surface area contributed by atoms with Gasteiger partial charge in [0.15, 0.2) is 0 Å². The van der Waals surface area contributed by atoms with E-state index in [4.69, 9.17) is 0 Å². The Balaban J connectivity index is 1.52. The lowest BCUT2D eigenvalue weighted by atomic mass is 10.1. The molecule has 0 radical (unpaired) electrons. The molecule has 0 bridgehead atoms. The zero-order chi connectivity index (χ0) is 15.8. The number of rotatable bonds is 1. The topological polar surface area (TPSA) is 48.5 Å². The van der Waals surface area contributed by atoms with Crippen molar-refractivity contribution in [3.63, 3.8) is 0 Å². The molecular weight excluding hydrogens is 288 g/mol. The molecule has 23 heavy (non-hydrogen) atoms. The van der Waals surface area contributed by atoms with Crippen LogP contribution in [0.15, 0.2) is 30.3 Å². The number of carbonyl (C=O) groups is 1. The van der Waals surface area contributed by atoms with Crippen LogP contribution in [0.1, 0.15) is 18.5 Å². The van der Waals surface area contributed by atoms with Gasteiger partial charge in [-0.3, -0.25) is 9.88 Å². The SMILES string of the molecule is Cc1ccc2c(NC(=O)N3CCN4CCCC4C3)cccc2n1. The Kier molecular flexibility index (Phi) is 3.65. The maximum atomic E-state index is 12.6. The van der Waals surface area contributed by atoms with Gasteiger partial charge < -0.3 is 10.2 Å². The molecule has 2 aromatic rings. The minimum absolute atomic E-state index is 0.00428. The van der Waals surface area contributed by atoms with Crippen LogP contribution < -0.4 is 5.32 Å². The van der Waals surface area contributed by atoms with Crippen LogP contribution >= 0.6 is 0 Å². The van der Waals surface area contributed by atoms with E-state index in [2.05, 4.69) is 15.2 Å². The van der Waals surface area contributed by atoms with Gasteiger partial charge >= 0.3 is 6.03 Å². The fourth-order valence-electron chi connectivity index (χ4n) is 3.74. The highest BCUT2D eigenvalue weighted by Crippen LogP contribution is 2.24. The van der Waals surface area contributed by atoms with E-state index >= 15 is 0 Å². The van der Waals surface area contributed by atoms with E-state index in [-0.39, 0.29) is 6.03 Å². The third kappa shape index (κ3) is 2.77. The van der Waals surface area contributed by atoms with Crippen molar-refractivity contribution in [3.8, 4) is 0 Å². The number of nitrogens with one attached hydrogen (secondary N) is 1. The van der Waals surface area contributed by atoms with Crippen LogP contribution in [0, 0.1) is 6.92 Å². The van der Waals surface area contributed by atoms with E-state index in [0.29, 0.717) is 6.04 Å². The molecule has 4 rings (SSSR count). The number of urea groups is 1. The number of piperazine rings is 1. The molecular formula is C18H22N4O. The van der Waals surface area contributed by atoms with Gasteiger partial charge in [0.2, 0.25) is 0 Å². The molecule has 5 nitrogen and oxygen atoms in total. The van der Waals surface area contributed by atoms with Gasteiger partial charge in [0.1, 0.15) is 0 Å². The summed E-state index contributed by atoms with van der Waals surface area (Å²) in [6.07, 6.45) is 2.47. The summed E-state index contributed by atoms with van der Waals surface area (Å²) in [4.78, 5) is 21.6. The van der Waals surface area contributed by atoms with Crippen molar-refractivity contribution in [2.45, 2.75) is 25.8 Å². The lowest BCUT2D eigenvalue weighted by Crippen LogP contribution is -2.53. The minimum Gasteiger partial charge on any atom is -0.322 e. The summed E-state index contributed by atoms with van der Waals surface area (Å²) in [5.74, 6) is 0. The number of aromatic nitrogens is 1. The number of nitrogens with zero attached hydrogens (tertiary/aromatic N) is 3. The second kappa shape index (κ2) is 5.81. The first-order valence-electron chi connectivity index (χ1n) is 8.37. The van der Waals surface area contributed by atoms with Gasteiger partial charge in [-0.15, -0.1) is 0 Å². The summed E-state index contributed by atoms with van der Waals surface area (Å²) in [6, 6.07) is 10.4. The number of pyridine rings is 1.